The number of aromatic hydroxyl groups is 1. The fourth-order valence-corrected chi connectivity index (χ4v) is 6.54. The third-order valence-corrected chi connectivity index (χ3v) is 9.88. The summed E-state index contributed by atoms with van der Waals surface area (Å²) in [6.45, 7) is 8.50. The molecule has 5 atom stereocenters. The predicted octanol–water partition coefficient (Wildman–Crippen LogP) is -0.232. The van der Waals surface area contributed by atoms with Crippen molar-refractivity contribution in [2.45, 2.75) is 110 Å². The Kier molecular flexibility index (Phi) is 21.4. The van der Waals surface area contributed by atoms with Gasteiger partial charge in [0.25, 0.3) is 0 Å². The number of carbonyl (C=O) groups excluding carboxylic acids is 5. The molecule has 0 aliphatic carbocycles. The monoisotopic (exact) mass is 803 g/mol. The maximum Gasteiger partial charge on any atom is 0.326 e. The number of nitrogens with zero attached hydrogens (tertiary/aromatic N) is 3. The number of carbonyl (C=O) groups is 6. The molecule has 2 rings (SSSR count). The lowest BCUT2D eigenvalue weighted by Crippen LogP contribution is -2.58. The van der Waals surface area contributed by atoms with Crippen LogP contribution < -0.4 is 38.5 Å². The second kappa shape index (κ2) is 25.3. The summed E-state index contributed by atoms with van der Waals surface area (Å²) >= 11 is 0. The van der Waals surface area contributed by atoms with Crippen molar-refractivity contribution >= 4 is 41.5 Å². The summed E-state index contributed by atoms with van der Waals surface area (Å²) in [7, 11) is 0. The van der Waals surface area contributed by atoms with E-state index in [1.54, 1.807) is 19.1 Å². The molecule has 0 aromatic heterocycles. The van der Waals surface area contributed by atoms with Crippen LogP contribution in [0.4, 0.5) is 0 Å². The van der Waals surface area contributed by atoms with Gasteiger partial charge in [0, 0.05) is 19.6 Å². The van der Waals surface area contributed by atoms with Crippen LogP contribution in [0.2, 0.25) is 0 Å². The fourth-order valence-electron chi connectivity index (χ4n) is 6.54. The van der Waals surface area contributed by atoms with Crippen molar-refractivity contribution in [1.82, 2.24) is 31.1 Å². The number of phenolic OH excluding ortho intramolecular Hbond substituents is 1. The average molecular weight is 803 g/mol. The zero-order valence-electron chi connectivity index (χ0n) is 34.0. The Bertz CT molecular complexity index is 1490. The number of aliphatic carboxylic acids is 1. The number of phenols is 1. The van der Waals surface area contributed by atoms with Gasteiger partial charge in [-0.05, 0) is 94.0 Å². The molecule has 12 N–H and O–H groups in total. The summed E-state index contributed by atoms with van der Waals surface area (Å²) in [6, 6.07) is 2.31. The smallest absolute Gasteiger partial charge is 0.326 e. The van der Waals surface area contributed by atoms with Gasteiger partial charge in [-0.25, -0.2) is 4.79 Å². The molecule has 1 aliphatic heterocycles. The van der Waals surface area contributed by atoms with E-state index in [0.29, 0.717) is 45.2 Å². The molecule has 1 heterocycles. The van der Waals surface area contributed by atoms with E-state index >= 15 is 0 Å². The van der Waals surface area contributed by atoms with Gasteiger partial charge in [-0.3, -0.25) is 29.0 Å². The van der Waals surface area contributed by atoms with E-state index in [0.717, 1.165) is 18.4 Å². The summed E-state index contributed by atoms with van der Waals surface area (Å²) in [5.41, 5.74) is 17.3. The van der Waals surface area contributed by atoms with Crippen molar-refractivity contribution in [3.63, 3.8) is 0 Å². The van der Waals surface area contributed by atoms with Crippen LogP contribution >= 0.6 is 0 Å². The molecule has 1 aromatic carbocycles. The first-order valence-corrected chi connectivity index (χ1v) is 20.0. The Morgan fingerprint density at radius 3 is 2.28 bits per heavy atom. The van der Waals surface area contributed by atoms with Crippen molar-refractivity contribution in [2.24, 2.45) is 34.0 Å². The number of benzene rings is 1. The van der Waals surface area contributed by atoms with Crippen molar-refractivity contribution < 1.29 is 39.0 Å². The average Bonchev–Trinajstić information content (AvgIpc) is 3.66. The summed E-state index contributed by atoms with van der Waals surface area (Å²) in [5.74, 6) is -4.18. The van der Waals surface area contributed by atoms with Crippen molar-refractivity contribution in [3.8, 4) is 5.75 Å². The van der Waals surface area contributed by atoms with Gasteiger partial charge in [0.2, 0.25) is 29.5 Å². The molecule has 1 fully saturated rings. The van der Waals surface area contributed by atoms with Crippen LogP contribution in [-0.4, -0.2) is 131 Å². The minimum absolute atomic E-state index is 0.0111. The summed E-state index contributed by atoms with van der Waals surface area (Å²) < 4.78 is 0. The molecular formula is C39H66N10O8. The first kappa shape index (κ1) is 48.2. The summed E-state index contributed by atoms with van der Waals surface area (Å²) in [5, 5.41) is 30.7. The Morgan fingerprint density at radius 1 is 0.965 bits per heavy atom. The van der Waals surface area contributed by atoms with Crippen LogP contribution in [0.1, 0.15) is 84.6 Å². The van der Waals surface area contributed by atoms with E-state index in [9.17, 15) is 39.0 Å². The minimum atomic E-state index is -1.18. The van der Waals surface area contributed by atoms with Crippen molar-refractivity contribution in [2.75, 3.05) is 45.8 Å². The predicted molar refractivity (Wildman–Crippen MR) is 217 cm³/mol. The molecule has 1 aliphatic rings. The van der Waals surface area contributed by atoms with Gasteiger partial charge in [0.05, 0.1) is 13.1 Å². The van der Waals surface area contributed by atoms with Crippen LogP contribution in [0.15, 0.2) is 29.3 Å². The molecule has 18 nitrogen and oxygen atoms in total. The zero-order chi connectivity index (χ0) is 42.5. The maximum atomic E-state index is 14.4. The maximum absolute atomic E-state index is 14.4. The number of hydrogen-bond donors (Lipinski definition) is 9. The number of likely N-dealkylation sites (tertiary alicyclic amines) is 1. The van der Waals surface area contributed by atoms with Crippen LogP contribution in [0.5, 0.6) is 5.75 Å². The SMILES string of the molecule is CC[C@H](C)[C@H](NC(=O)CN(CCc1ccc(O)cc1)C(=O)[C@@H]1CCCN1C(=O)[C@H](CCCN=C(N)N)NC(=O)CNCCCCN)C(=O)N[C@@H](CC(C)C)C(=O)O. The van der Waals surface area contributed by atoms with Gasteiger partial charge < -0.3 is 58.5 Å². The Morgan fingerprint density at radius 2 is 1.67 bits per heavy atom. The number of unbranched alkanes of at least 4 members (excludes halogenated alkanes) is 1. The van der Waals surface area contributed by atoms with Crippen molar-refractivity contribution in [3.05, 3.63) is 29.8 Å². The second-order valence-corrected chi connectivity index (χ2v) is 15.1. The van der Waals surface area contributed by atoms with E-state index in [-0.39, 0.29) is 62.6 Å². The van der Waals surface area contributed by atoms with Gasteiger partial charge in [-0.1, -0.05) is 46.2 Å². The molecule has 0 bridgehead atoms. The number of carboxylic acid groups (broad SMARTS) is 1. The van der Waals surface area contributed by atoms with Crippen molar-refractivity contribution in [1.29, 1.82) is 0 Å². The number of amides is 5. The fraction of sp³-hybridized carbons (Fsp3) is 0.667. The second-order valence-electron chi connectivity index (χ2n) is 15.1. The number of carboxylic acids is 1. The number of hydrogen-bond acceptors (Lipinski definition) is 10. The minimum Gasteiger partial charge on any atom is -0.508 e. The Hall–Kier alpha value is -4.97. The molecular weight excluding hydrogens is 736 g/mol. The number of nitrogens with one attached hydrogen (secondary N) is 4. The number of guanidine groups is 1. The summed E-state index contributed by atoms with van der Waals surface area (Å²) in [6.07, 6.45) is 4.01. The standard InChI is InChI=1S/C39H66N10O8/c1-5-26(4)34(35(53)46-30(38(56)57)22-25(2)3)47-33(52)24-48(21-16-27-12-14-28(50)15-13-27)37(55)31-11-9-20-49(31)36(54)29(10-8-19-44-39(41)42)45-32(51)23-43-18-7-6-17-40/h12-15,25-26,29-31,34,43,50H,5-11,16-24,40H2,1-4H3,(H,45,51)(H,46,53)(H,47,52)(H,56,57)(H4,41,42,44)/t26-,29-,30-,31-,34-/m0/s1. The highest BCUT2D eigenvalue weighted by atomic mass is 16.4. The van der Waals surface area contributed by atoms with E-state index in [1.807, 2.05) is 20.8 Å². The topological polar surface area (TPSA) is 288 Å². The van der Waals surface area contributed by atoms with Gasteiger partial charge >= 0.3 is 5.97 Å². The third-order valence-electron chi connectivity index (χ3n) is 9.88. The van der Waals surface area contributed by atoms with Crippen LogP contribution in [0, 0.1) is 11.8 Å². The van der Waals surface area contributed by atoms with Crippen LogP contribution in [0.3, 0.4) is 0 Å². The van der Waals surface area contributed by atoms with Gasteiger partial charge in [-0.15, -0.1) is 0 Å². The number of aliphatic imine (C=N–C) groups is 1. The lowest BCUT2D eigenvalue weighted by molar-refractivity contribution is -0.147. The first-order valence-electron chi connectivity index (χ1n) is 20.0. The number of nitrogens with two attached hydrogens (primary N) is 3. The largest absolute Gasteiger partial charge is 0.508 e. The lowest BCUT2D eigenvalue weighted by Gasteiger charge is -2.33. The van der Waals surface area contributed by atoms with Crippen LogP contribution in [-0.2, 0) is 35.2 Å². The highest BCUT2D eigenvalue weighted by Gasteiger charge is 2.40. The first-order chi connectivity index (χ1) is 27.1. The van der Waals surface area contributed by atoms with E-state index < -0.39 is 66.2 Å². The highest BCUT2D eigenvalue weighted by Crippen LogP contribution is 2.22. The molecule has 0 saturated carbocycles. The van der Waals surface area contributed by atoms with Gasteiger partial charge in [-0.2, -0.15) is 0 Å². The van der Waals surface area contributed by atoms with E-state index in [2.05, 4.69) is 26.3 Å². The molecule has 0 unspecified atom stereocenters. The highest BCUT2D eigenvalue weighted by molar-refractivity contribution is 5.95. The van der Waals surface area contributed by atoms with Gasteiger partial charge in [0.1, 0.15) is 29.9 Å². The van der Waals surface area contributed by atoms with Crippen LogP contribution in [0.25, 0.3) is 0 Å². The number of rotatable bonds is 26. The molecule has 1 saturated heterocycles. The Balaban J connectivity index is 2.34. The quantitative estimate of drug-likeness (QED) is 0.0334. The zero-order valence-corrected chi connectivity index (χ0v) is 34.0. The Labute approximate surface area is 336 Å². The molecule has 0 spiro atoms. The molecule has 57 heavy (non-hydrogen) atoms. The molecule has 1 aromatic rings. The normalized spacial score (nSPS) is 15.9. The molecule has 0 radical (unpaired) electrons. The van der Waals surface area contributed by atoms with E-state index in [1.165, 1.54) is 21.9 Å². The lowest BCUT2D eigenvalue weighted by atomic mass is 9.97. The molecule has 18 heteroatoms. The molecule has 5 amide bonds. The van der Waals surface area contributed by atoms with E-state index in [4.69, 9.17) is 17.2 Å². The third kappa shape index (κ3) is 17.4. The summed E-state index contributed by atoms with van der Waals surface area (Å²) in [4.78, 5) is 87.4. The van der Waals surface area contributed by atoms with Gasteiger partial charge in [0.15, 0.2) is 5.96 Å². The molecule has 320 valence electrons.